The Hall–Kier alpha value is -3.75. The van der Waals surface area contributed by atoms with Crippen LogP contribution in [0.25, 0.3) is 0 Å². The maximum Gasteiger partial charge on any atom is 0.248 e. The van der Waals surface area contributed by atoms with Crippen LogP contribution < -0.4 is 0 Å². The van der Waals surface area contributed by atoms with E-state index >= 15 is 9.59 Å². The SMILES string of the molecule is C=CCN(Cc1ccccc1)C(=O)[C@H]1[C@H]2C(=O)N([C@H](CO)c3ccccc3)C(C(=O)N(CC=C)C3CCCCC3)C23CC[C@]1(CC)O3. The highest BCUT2D eigenvalue weighted by molar-refractivity contribution is 5.99. The molecule has 1 spiro atoms. The second-order valence-electron chi connectivity index (χ2n) is 13.8. The van der Waals surface area contributed by atoms with Crippen LogP contribution in [0.15, 0.2) is 86.0 Å². The maximum absolute atomic E-state index is 15.1. The van der Waals surface area contributed by atoms with Crippen LogP contribution in [-0.4, -0.2) is 80.5 Å². The van der Waals surface area contributed by atoms with Crippen molar-refractivity contribution >= 4 is 17.7 Å². The molecule has 0 radical (unpaired) electrons. The predicted octanol–water partition coefficient (Wildman–Crippen LogP) is 5.44. The minimum atomic E-state index is -1.19. The molecular weight excluding hydrogens is 590 g/mol. The molecule has 0 aromatic heterocycles. The molecule has 1 aliphatic carbocycles. The molecule has 2 aromatic carbocycles. The van der Waals surface area contributed by atoms with E-state index in [2.05, 4.69) is 13.2 Å². The van der Waals surface area contributed by atoms with Crippen molar-refractivity contribution in [2.75, 3.05) is 19.7 Å². The number of aliphatic hydroxyl groups is 1. The molecule has 250 valence electrons. The zero-order valence-corrected chi connectivity index (χ0v) is 27.6. The number of benzene rings is 2. The summed E-state index contributed by atoms with van der Waals surface area (Å²) in [5, 5.41) is 10.9. The van der Waals surface area contributed by atoms with Gasteiger partial charge in [-0.3, -0.25) is 14.4 Å². The standard InChI is InChI=1S/C39H49N3O5/c1-4-24-40(26-28-16-10-7-11-17-28)35(44)32-33-36(45)42(31(27-43)29-18-12-8-13-19-29)34(39(33)23-22-38(32,6-3)47-39)37(46)41(25-5-2)30-20-14-9-15-21-30/h4-5,7-8,10-13,16-19,30-34,43H,1-2,6,9,14-15,20-27H2,3H3/t31-,32-,33+,34?,38+,39?/m1/s1. The monoisotopic (exact) mass is 639 g/mol. The van der Waals surface area contributed by atoms with Gasteiger partial charge >= 0.3 is 0 Å². The van der Waals surface area contributed by atoms with Crippen LogP contribution >= 0.6 is 0 Å². The maximum atomic E-state index is 15.1. The van der Waals surface area contributed by atoms with E-state index in [9.17, 15) is 9.90 Å². The number of carbonyl (C=O) groups is 3. The summed E-state index contributed by atoms with van der Waals surface area (Å²) in [6, 6.07) is 17.5. The van der Waals surface area contributed by atoms with E-state index in [1.807, 2.05) is 72.5 Å². The normalized spacial score (nSPS) is 28.9. The fraction of sp³-hybridized carbons (Fsp3) is 0.513. The number of amides is 3. The van der Waals surface area contributed by atoms with E-state index in [4.69, 9.17) is 4.74 Å². The molecule has 3 aliphatic heterocycles. The van der Waals surface area contributed by atoms with Crippen LogP contribution in [0.3, 0.4) is 0 Å². The highest BCUT2D eigenvalue weighted by Crippen LogP contribution is 2.65. The average molecular weight is 640 g/mol. The zero-order valence-electron chi connectivity index (χ0n) is 27.6. The Kier molecular flexibility index (Phi) is 9.72. The molecule has 2 bridgehead atoms. The summed E-state index contributed by atoms with van der Waals surface area (Å²) >= 11 is 0. The van der Waals surface area contributed by atoms with Crippen molar-refractivity contribution in [1.29, 1.82) is 0 Å². The van der Waals surface area contributed by atoms with Gasteiger partial charge in [-0.1, -0.05) is 99.0 Å². The molecule has 4 fully saturated rings. The van der Waals surface area contributed by atoms with Gasteiger partial charge in [0.2, 0.25) is 17.7 Å². The van der Waals surface area contributed by atoms with Gasteiger partial charge in [0, 0.05) is 25.7 Å². The summed E-state index contributed by atoms with van der Waals surface area (Å²) in [7, 11) is 0. The van der Waals surface area contributed by atoms with Crippen molar-refractivity contribution in [2.45, 2.75) is 94.2 Å². The first-order valence-corrected chi connectivity index (χ1v) is 17.4. The van der Waals surface area contributed by atoms with Gasteiger partial charge in [-0.15, -0.1) is 13.2 Å². The fourth-order valence-electron chi connectivity index (χ4n) is 9.17. The highest BCUT2D eigenvalue weighted by atomic mass is 16.5. The number of nitrogens with zero attached hydrogens (tertiary/aromatic N) is 3. The van der Waals surface area contributed by atoms with Gasteiger partial charge in [0.1, 0.15) is 11.6 Å². The first kappa shape index (κ1) is 33.2. The molecule has 8 heteroatoms. The van der Waals surface area contributed by atoms with Gasteiger partial charge < -0.3 is 24.5 Å². The summed E-state index contributed by atoms with van der Waals surface area (Å²) in [5.74, 6) is -2.24. The Morgan fingerprint density at radius 2 is 1.64 bits per heavy atom. The van der Waals surface area contributed by atoms with Crippen molar-refractivity contribution in [1.82, 2.24) is 14.7 Å². The van der Waals surface area contributed by atoms with E-state index in [0.29, 0.717) is 38.9 Å². The minimum Gasteiger partial charge on any atom is -0.394 e. The second-order valence-corrected chi connectivity index (χ2v) is 13.8. The minimum absolute atomic E-state index is 0.0380. The van der Waals surface area contributed by atoms with E-state index < -0.39 is 35.1 Å². The lowest BCUT2D eigenvalue weighted by Crippen LogP contribution is -2.59. The Labute approximate surface area is 279 Å². The first-order chi connectivity index (χ1) is 22.9. The van der Waals surface area contributed by atoms with Crippen LogP contribution in [0.5, 0.6) is 0 Å². The number of fused-ring (bicyclic) bond motifs is 1. The molecule has 3 saturated heterocycles. The molecule has 3 amide bonds. The van der Waals surface area contributed by atoms with Crippen molar-refractivity contribution in [3.8, 4) is 0 Å². The lowest BCUT2D eigenvalue weighted by molar-refractivity contribution is -0.159. The molecule has 3 heterocycles. The number of ether oxygens (including phenoxy) is 1. The molecule has 1 saturated carbocycles. The molecule has 2 aromatic rings. The van der Waals surface area contributed by atoms with E-state index in [0.717, 1.165) is 43.2 Å². The van der Waals surface area contributed by atoms with Crippen molar-refractivity contribution in [3.63, 3.8) is 0 Å². The Morgan fingerprint density at radius 1 is 0.979 bits per heavy atom. The smallest absolute Gasteiger partial charge is 0.248 e. The van der Waals surface area contributed by atoms with Gasteiger partial charge in [0.15, 0.2) is 0 Å². The number of carbonyl (C=O) groups excluding carboxylic acids is 3. The van der Waals surface area contributed by atoms with Crippen LogP contribution in [0.4, 0.5) is 0 Å². The molecule has 4 aliphatic rings. The summed E-state index contributed by atoms with van der Waals surface area (Å²) in [6.07, 6.45) is 10.1. The van der Waals surface area contributed by atoms with Crippen molar-refractivity contribution in [3.05, 3.63) is 97.1 Å². The highest BCUT2D eigenvalue weighted by Gasteiger charge is 2.79. The number of rotatable bonds is 13. The molecule has 6 rings (SSSR count). The Bertz CT molecular complexity index is 1460. The molecule has 8 nitrogen and oxygen atoms in total. The molecule has 2 unspecified atom stereocenters. The molecule has 6 atom stereocenters. The van der Waals surface area contributed by atoms with Crippen LogP contribution in [0.1, 0.15) is 75.5 Å². The first-order valence-electron chi connectivity index (χ1n) is 17.4. The van der Waals surface area contributed by atoms with Crippen LogP contribution in [0.2, 0.25) is 0 Å². The molecule has 47 heavy (non-hydrogen) atoms. The fourth-order valence-corrected chi connectivity index (χ4v) is 9.17. The van der Waals surface area contributed by atoms with Gasteiger partial charge in [-0.05, 0) is 43.2 Å². The van der Waals surface area contributed by atoms with E-state index in [-0.39, 0.29) is 30.4 Å². The lowest BCUT2D eigenvalue weighted by atomic mass is 9.64. The summed E-state index contributed by atoms with van der Waals surface area (Å²) in [6.45, 7) is 10.6. The third kappa shape index (κ3) is 5.63. The van der Waals surface area contributed by atoms with Crippen molar-refractivity contribution < 1.29 is 24.2 Å². The van der Waals surface area contributed by atoms with Gasteiger partial charge in [-0.25, -0.2) is 0 Å². The van der Waals surface area contributed by atoms with Crippen molar-refractivity contribution in [2.24, 2.45) is 11.8 Å². The van der Waals surface area contributed by atoms with Crippen LogP contribution in [-0.2, 0) is 25.7 Å². The van der Waals surface area contributed by atoms with E-state index in [1.54, 1.807) is 22.0 Å². The number of hydrogen-bond acceptors (Lipinski definition) is 5. The molecular formula is C39H49N3O5. The number of hydrogen-bond donors (Lipinski definition) is 1. The number of aliphatic hydroxyl groups excluding tert-OH is 1. The average Bonchev–Trinajstić information content (AvgIpc) is 3.72. The lowest BCUT2D eigenvalue weighted by Gasteiger charge is -2.42. The largest absolute Gasteiger partial charge is 0.394 e. The zero-order chi connectivity index (χ0) is 33.2. The third-order valence-electron chi connectivity index (χ3n) is 11.3. The summed E-state index contributed by atoms with van der Waals surface area (Å²) < 4.78 is 7.12. The Morgan fingerprint density at radius 3 is 2.26 bits per heavy atom. The van der Waals surface area contributed by atoms with Crippen LogP contribution in [0, 0.1) is 11.8 Å². The number of likely N-dealkylation sites (tertiary alicyclic amines) is 1. The summed E-state index contributed by atoms with van der Waals surface area (Å²) in [5.41, 5.74) is -0.331. The summed E-state index contributed by atoms with van der Waals surface area (Å²) in [4.78, 5) is 50.3. The molecule has 1 N–H and O–H groups in total. The topological polar surface area (TPSA) is 90.4 Å². The van der Waals surface area contributed by atoms with Gasteiger partial charge in [-0.2, -0.15) is 0 Å². The van der Waals surface area contributed by atoms with E-state index in [1.165, 1.54) is 0 Å². The van der Waals surface area contributed by atoms with Gasteiger partial charge in [0.25, 0.3) is 0 Å². The quantitative estimate of drug-likeness (QED) is 0.295. The third-order valence-corrected chi connectivity index (χ3v) is 11.3. The Balaban J connectivity index is 1.46. The van der Waals surface area contributed by atoms with Gasteiger partial charge in [0.05, 0.1) is 30.1 Å². The predicted molar refractivity (Wildman–Crippen MR) is 181 cm³/mol. The second kappa shape index (κ2) is 13.8.